The zero-order chi connectivity index (χ0) is 42.7. The highest BCUT2D eigenvalue weighted by molar-refractivity contribution is 7.47. The van der Waals surface area contributed by atoms with Gasteiger partial charge >= 0.3 is 13.8 Å². The summed E-state index contributed by atoms with van der Waals surface area (Å²) in [5.74, 6) is -0.336. The fraction of sp³-hybridized carbons (Fsp3) is 0.735. The maximum Gasteiger partial charge on any atom is 0.472 e. The van der Waals surface area contributed by atoms with E-state index in [1.54, 1.807) is 0 Å². The number of allylic oxidation sites excluding steroid dienone is 12. The molecule has 0 bridgehead atoms. The molecule has 0 aliphatic heterocycles. The maximum absolute atomic E-state index is 12.7. The minimum absolute atomic E-state index is 0.0759. The molecule has 0 saturated carbocycles. The number of rotatable bonds is 42. The van der Waals surface area contributed by atoms with E-state index in [0.29, 0.717) is 24.1 Å². The number of likely N-dealkylation sites (N-methyl/N-ethyl adjacent to an activating group) is 1. The van der Waals surface area contributed by atoms with E-state index >= 15 is 0 Å². The average Bonchev–Trinajstić information content (AvgIpc) is 3.18. The van der Waals surface area contributed by atoms with Crippen LogP contribution in [-0.2, 0) is 27.9 Å². The largest absolute Gasteiger partial charge is 0.472 e. The van der Waals surface area contributed by atoms with E-state index in [-0.39, 0.29) is 25.8 Å². The standard InChI is InChI=1S/C49H88NO7P/c1-6-8-10-12-14-16-18-20-22-24-26-28-30-32-34-36-38-40-42-49(51)57-48(47-56-58(52,53)55-45-43-50(3,4)5)46-54-44-41-39-37-35-33-31-29-27-25-23-21-19-17-15-13-11-9-7-2/h9,11,15,17,21-24,27,29,33,35,48H,6-8,10,12-14,16,18-20,25-26,28,30-32,34,36-47H2,1-5H3/p+1/b11-9-,17-15-,23-21-,24-22-,29-27-,35-33-. The summed E-state index contributed by atoms with van der Waals surface area (Å²) in [6.07, 6.45) is 53.7. The molecule has 0 heterocycles. The molecule has 58 heavy (non-hydrogen) atoms. The summed E-state index contributed by atoms with van der Waals surface area (Å²) in [5.41, 5.74) is 0. The van der Waals surface area contributed by atoms with Crippen molar-refractivity contribution < 1.29 is 37.3 Å². The van der Waals surface area contributed by atoms with Gasteiger partial charge in [-0.25, -0.2) is 4.57 Å². The number of quaternary nitrogens is 1. The normalized spacial score (nSPS) is 14.4. The number of esters is 1. The Kier molecular flexibility index (Phi) is 40.2. The molecular weight excluding hydrogens is 746 g/mol. The first kappa shape index (κ1) is 55.9. The molecule has 9 heteroatoms. The average molecular weight is 835 g/mol. The van der Waals surface area contributed by atoms with E-state index in [9.17, 15) is 14.3 Å². The van der Waals surface area contributed by atoms with Gasteiger partial charge in [0.05, 0.1) is 34.4 Å². The monoisotopic (exact) mass is 835 g/mol. The predicted octanol–water partition coefficient (Wildman–Crippen LogP) is 13.9. The second kappa shape index (κ2) is 41.7. The smallest absolute Gasteiger partial charge is 0.457 e. The Balaban J connectivity index is 4.31. The molecule has 2 atom stereocenters. The summed E-state index contributed by atoms with van der Waals surface area (Å²) in [6, 6.07) is 0. The molecule has 2 unspecified atom stereocenters. The molecule has 336 valence electrons. The number of phosphoric ester groups is 1. The lowest BCUT2D eigenvalue weighted by Gasteiger charge is -2.24. The Labute approximate surface area is 357 Å². The maximum atomic E-state index is 12.7. The molecule has 0 spiro atoms. The molecule has 1 N–H and O–H groups in total. The highest BCUT2D eigenvalue weighted by Gasteiger charge is 2.26. The van der Waals surface area contributed by atoms with Gasteiger partial charge < -0.3 is 18.9 Å². The molecule has 8 nitrogen and oxygen atoms in total. The van der Waals surface area contributed by atoms with Crippen LogP contribution in [-0.4, -0.2) is 75.6 Å². The number of hydrogen-bond donors (Lipinski definition) is 1. The van der Waals surface area contributed by atoms with Gasteiger partial charge in [0, 0.05) is 13.0 Å². The van der Waals surface area contributed by atoms with Crippen LogP contribution in [0.4, 0.5) is 0 Å². The van der Waals surface area contributed by atoms with E-state index < -0.39 is 13.9 Å². The fourth-order valence-electron chi connectivity index (χ4n) is 5.93. The van der Waals surface area contributed by atoms with Crippen molar-refractivity contribution in [3.05, 3.63) is 72.9 Å². The van der Waals surface area contributed by atoms with Crippen molar-refractivity contribution >= 4 is 13.8 Å². The number of nitrogens with zero attached hydrogens (tertiary/aromatic N) is 1. The Morgan fingerprint density at radius 1 is 0.552 bits per heavy atom. The Bertz CT molecular complexity index is 1150. The van der Waals surface area contributed by atoms with Crippen molar-refractivity contribution in [2.45, 2.75) is 180 Å². The lowest BCUT2D eigenvalue weighted by Crippen LogP contribution is -2.37. The predicted molar refractivity (Wildman–Crippen MR) is 247 cm³/mol. The second-order valence-electron chi connectivity index (χ2n) is 16.4. The van der Waals surface area contributed by atoms with E-state index in [1.807, 2.05) is 21.1 Å². The van der Waals surface area contributed by atoms with Crippen LogP contribution in [0.15, 0.2) is 72.9 Å². The van der Waals surface area contributed by atoms with Crippen LogP contribution in [0.1, 0.15) is 174 Å². The quantitative estimate of drug-likeness (QED) is 0.0215. The number of carbonyl (C=O) groups is 1. The molecule has 0 aromatic heterocycles. The molecule has 0 aliphatic rings. The van der Waals surface area contributed by atoms with Gasteiger partial charge in [0.25, 0.3) is 0 Å². The molecule has 0 radical (unpaired) electrons. The molecule has 0 saturated heterocycles. The van der Waals surface area contributed by atoms with Gasteiger partial charge in [-0.3, -0.25) is 13.8 Å². The van der Waals surface area contributed by atoms with Crippen LogP contribution >= 0.6 is 7.82 Å². The van der Waals surface area contributed by atoms with Crippen molar-refractivity contribution in [3.8, 4) is 0 Å². The summed E-state index contributed by atoms with van der Waals surface area (Å²) in [6.45, 7) is 5.38. The fourth-order valence-corrected chi connectivity index (χ4v) is 6.67. The van der Waals surface area contributed by atoms with E-state index in [0.717, 1.165) is 70.6 Å². The molecule has 0 aliphatic carbocycles. The first-order valence-electron chi connectivity index (χ1n) is 23.2. The second-order valence-corrected chi connectivity index (χ2v) is 17.9. The van der Waals surface area contributed by atoms with Gasteiger partial charge in [-0.15, -0.1) is 0 Å². The molecule has 0 aromatic carbocycles. The van der Waals surface area contributed by atoms with Crippen LogP contribution in [0.5, 0.6) is 0 Å². The zero-order valence-corrected chi connectivity index (χ0v) is 38.9. The third-order valence-corrected chi connectivity index (χ3v) is 10.5. The number of carbonyl (C=O) groups excluding carboxylic acids is 1. The Morgan fingerprint density at radius 2 is 1.00 bits per heavy atom. The van der Waals surface area contributed by atoms with Crippen LogP contribution in [0.25, 0.3) is 0 Å². The van der Waals surface area contributed by atoms with Crippen LogP contribution < -0.4 is 0 Å². The molecular formula is C49H89NO7P+. The third-order valence-electron chi connectivity index (χ3n) is 9.50. The Morgan fingerprint density at radius 3 is 1.52 bits per heavy atom. The first-order valence-corrected chi connectivity index (χ1v) is 24.7. The minimum atomic E-state index is -4.29. The highest BCUT2D eigenvalue weighted by atomic mass is 31.2. The lowest BCUT2D eigenvalue weighted by atomic mass is 10.1. The van der Waals surface area contributed by atoms with E-state index in [2.05, 4.69) is 86.8 Å². The van der Waals surface area contributed by atoms with Crippen molar-refractivity contribution in [2.24, 2.45) is 0 Å². The zero-order valence-electron chi connectivity index (χ0n) is 38.0. The lowest BCUT2D eigenvalue weighted by molar-refractivity contribution is -0.870. The number of ether oxygens (including phenoxy) is 2. The van der Waals surface area contributed by atoms with E-state index in [4.69, 9.17) is 18.5 Å². The summed E-state index contributed by atoms with van der Waals surface area (Å²) < 4.78 is 35.0. The van der Waals surface area contributed by atoms with Crippen LogP contribution in [0, 0.1) is 0 Å². The topological polar surface area (TPSA) is 91.3 Å². The number of hydrogen-bond acceptors (Lipinski definition) is 6. The summed E-state index contributed by atoms with van der Waals surface area (Å²) >= 11 is 0. The van der Waals surface area contributed by atoms with Gasteiger partial charge in [-0.2, -0.15) is 0 Å². The van der Waals surface area contributed by atoms with Gasteiger partial charge in [-0.1, -0.05) is 157 Å². The number of unbranched alkanes of at least 4 members (excludes halogenated alkanes) is 16. The van der Waals surface area contributed by atoms with Crippen molar-refractivity contribution in [1.82, 2.24) is 0 Å². The molecule has 0 rings (SSSR count). The van der Waals surface area contributed by atoms with Gasteiger partial charge in [0.2, 0.25) is 0 Å². The van der Waals surface area contributed by atoms with E-state index in [1.165, 1.54) is 83.5 Å². The van der Waals surface area contributed by atoms with Crippen LogP contribution in [0.3, 0.4) is 0 Å². The SMILES string of the molecule is CC/C=C\C/C=C\C/C=C\C/C=C\C/C=C\CCCCOCC(COP(=O)(O)OCC[N+](C)(C)C)OC(=O)CCCCCCCCC/C=C\CCCCCCCCC. The highest BCUT2D eigenvalue weighted by Crippen LogP contribution is 2.43. The Hall–Kier alpha value is -2.06. The molecule has 0 fully saturated rings. The first-order chi connectivity index (χ1) is 28.1. The van der Waals surface area contributed by atoms with Crippen molar-refractivity contribution in [1.29, 1.82) is 0 Å². The summed E-state index contributed by atoms with van der Waals surface area (Å²) in [7, 11) is 1.63. The van der Waals surface area contributed by atoms with Crippen molar-refractivity contribution in [3.63, 3.8) is 0 Å². The van der Waals surface area contributed by atoms with Crippen molar-refractivity contribution in [2.75, 3.05) is 54.1 Å². The minimum Gasteiger partial charge on any atom is -0.457 e. The summed E-state index contributed by atoms with van der Waals surface area (Å²) in [5, 5.41) is 0. The molecule has 0 amide bonds. The van der Waals surface area contributed by atoms with Gasteiger partial charge in [-0.05, 0) is 83.5 Å². The third kappa shape index (κ3) is 45.0. The summed E-state index contributed by atoms with van der Waals surface area (Å²) in [4.78, 5) is 22.9. The number of phosphoric acid groups is 1. The van der Waals surface area contributed by atoms with Gasteiger partial charge in [0.15, 0.2) is 0 Å². The molecule has 0 aromatic rings. The van der Waals surface area contributed by atoms with Gasteiger partial charge in [0.1, 0.15) is 19.3 Å². The van der Waals surface area contributed by atoms with Crippen LogP contribution in [0.2, 0.25) is 0 Å².